The van der Waals surface area contributed by atoms with E-state index in [1.165, 1.54) is 13.2 Å². The van der Waals surface area contributed by atoms with Gasteiger partial charge in [0.25, 0.3) is 0 Å². The maximum Gasteiger partial charge on any atom is 0.216 e. The zero-order valence-corrected chi connectivity index (χ0v) is 5.03. The van der Waals surface area contributed by atoms with Crippen molar-refractivity contribution in [2.75, 3.05) is 7.11 Å². The molecule has 0 aliphatic carbocycles. The van der Waals surface area contributed by atoms with Crippen LogP contribution in [0.25, 0.3) is 0 Å². The average molecular weight is 125 g/mol. The van der Waals surface area contributed by atoms with Crippen molar-refractivity contribution in [3.63, 3.8) is 0 Å². The van der Waals surface area contributed by atoms with Crippen molar-refractivity contribution in [3.05, 3.63) is 18.2 Å². The summed E-state index contributed by atoms with van der Waals surface area (Å²) in [5.74, 6) is 0.407. The van der Waals surface area contributed by atoms with Crippen molar-refractivity contribution >= 4 is 0 Å². The Hall–Kier alpha value is -1.25. The van der Waals surface area contributed by atoms with Crippen molar-refractivity contribution in [2.45, 2.75) is 0 Å². The van der Waals surface area contributed by atoms with Gasteiger partial charge < -0.3 is 9.84 Å². The van der Waals surface area contributed by atoms with Crippen LogP contribution < -0.4 is 4.74 Å². The van der Waals surface area contributed by atoms with Crippen molar-refractivity contribution in [3.8, 4) is 11.8 Å². The molecule has 0 aliphatic rings. The van der Waals surface area contributed by atoms with Crippen LogP contribution in [0, 0.1) is 0 Å². The summed E-state index contributed by atoms with van der Waals surface area (Å²) in [5.41, 5.74) is 0. The third kappa shape index (κ3) is 1.32. The van der Waals surface area contributed by atoms with Crippen LogP contribution in [0.3, 0.4) is 0 Å². The monoisotopic (exact) mass is 125 g/mol. The van der Waals surface area contributed by atoms with Crippen LogP contribution in [0.2, 0.25) is 0 Å². The summed E-state index contributed by atoms with van der Waals surface area (Å²) in [4.78, 5) is 3.62. The number of ether oxygens (including phenoxy) is 1. The molecule has 0 aromatic carbocycles. The molecule has 0 aliphatic heterocycles. The van der Waals surface area contributed by atoms with E-state index in [0.29, 0.717) is 5.88 Å². The van der Waals surface area contributed by atoms with E-state index in [2.05, 4.69) is 4.98 Å². The SMILES string of the molecule is COc1cccc(O)n1. The second-order valence-electron chi connectivity index (χ2n) is 1.54. The van der Waals surface area contributed by atoms with Crippen molar-refractivity contribution in [2.24, 2.45) is 0 Å². The molecular formula is C6H7NO2. The van der Waals surface area contributed by atoms with E-state index in [9.17, 15) is 0 Å². The first-order valence-corrected chi connectivity index (χ1v) is 2.53. The fourth-order valence-corrected chi connectivity index (χ4v) is 0.518. The van der Waals surface area contributed by atoms with Gasteiger partial charge in [-0.05, 0) is 0 Å². The van der Waals surface area contributed by atoms with E-state index in [4.69, 9.17) is 9.84 Å². The Morgan fingerprint density at radius 3 is 2.78 bits per heavy atom. The predicted octanol–water partition coefficient (Wildman–Crippen LogP) is 0.796. The lowest BCUT2D eigenvalue weighted by molar-refractivity contribution is 0.380. The third-order valence-corrected chi connectivity index (χ3v) is 0.918. The molecule has 0 spiro atoms. The summed E-state index contributed by atoms with van der Waals surface area (Å²) < 4.78 is 4.72. The van der Waals surface area contributed by atoms with E-state index in [-0.39, 0.29) is 5.88 Å². The Labute approximate surface area is 52.9 Å². The van der Waals surface area contributed by atoms with Crippen LogP contribution >= 0.6 is 0 Å². The van der Waals surface area contributed by atoms with Gasteiger partial charge in [-0.25, -0.2) is 0 Å². The molecule has 1 aromatic heterocycles. The standard InChI is InChI=1S/C6H7NO2/c1-9-6-4-2-3-5(8)7-6/h2-4H,1H3,(H,7,8). The molecule has 3 heteroatoms. The van der Waals surface area contributed by atoms with Crippen LogP contribution in [-0.2, 0) is 0 Å². The van der Waals surface area contributed by atoms with Gasteiger partial charge in [-0.15, -0.1) is 0 Å². The summed E-state index contributed by atoms with van der Waals surface area (Å²) in [7, 11) is 1.50. The Morgan fingerprint density at radius 2 is 2.33 bits per heavy atom. The van der Waals surface area contributed by atoms with Gasteiger partial charge in [0, 0.05) is 12.1 Å². The molecule has 0 fully saturated rings. The number of nitrogens with zero attached hydrogens (tertiary/aromatic N) is 1. The quantitative estimate of drug-likeness (QED) is 0.603. The van der Waals surface area contributed by atoms with Crippen LogP contribution in [0.5, 0.6) is 11.8 Å². The number of hydrogen-bond donors (Lipinski definition) is 1. The molecule has 0 unspecified atom stereocenters. The molecule has 0 saturated heterocycles. The van der Waals surface area contributed by atoms with E-state index in [0.717, 1.165) is 0 Å². The summed E-state index contributed by atoms with van der Waals surface area (Å²) in [6.07, 6.45) is 0. The number of methoxy groups -OCH3 is 1. The molecule has 0 bridgehead atoms. The largest absolute Gasteiger partial charge is 0.493 e. The van der Waals surface area contributed by atoms with Gasteiger partial charge in [-0.1, -0.05) is 6.07 Å². The first-order valence-electron chi connectivity index (χ1n) is 2.53. The van der Waals surface area contributed by atoms with Crippen LogP contribution in [0.4, 0.5) is 0 Å². The molecule has 3 nitrogen and oxygen atoms in total. The zero-order valence-electron chi connectivity index (χ0n) is 5.03. The van der Waals surface area contributed by atoms with Crippen molar-refractivity contribution < 1.29 is 9.84 Å². The number of hydrogen-bond acceptors (Lipinski definition) is 3. The third-order valence-electron chi connectivity index (χ3n) is 0.918. The molecule has 0 amide bonds. The molecule has 9 heavy (non-hydrogen) atoms. The number of aromatic hydroxyl groups is 1. The fraction of sp³-hybridized carbons (Fsp3) is 0.167. The Balaban J connectivity index is 2.94. The predicted molar refractivity (Wildman–Crippen MR) is 32.5 cm³/mol. The highest BCUT2D eigenvalue weighted by Gasteiger charge is 1.90. The molecule has 1 aromatic rings. The molecule has 0 saturated carbocycles. The topological polar surface area (TPSA) is 42.4 Å². The summed E-state index contributed by atoms with van der Waals surface area (Å²) >= 11 is 0. The van der Waals surface area contributed by atoms with Gasteiger partial charge in [0.15, 0.2) is 0 Å². The van der Waals surface area contributed by atoms with Crippen LogP contribution in [0.15, 0.2) is 18.2 Å². The van der Waals surface area contributed by atoms with E-state index >= 15 is 0 Å². The van der Waals surface area contributed by atoms with Gasteiger partial charge in [-0.3, -0.25) is 0 Å². The summed E-state index contributed by atoms with van der Waals surface area (Å²) in [5, 5.41) is 8.75. The highest BCUT2D eigenvalue weighted by atomic mass is 16.5. The molecule has 1 heterocycles. The van der Waals surface area contributed by atoms with E-state index < -0.39 is 0 Å². The summed E-state index contributed by atoms with van der Waals surface area (Å²) in [6.45, 7) is 0. The summed E-state index contributed by atoms with van der Waals surface area (Å²) in [6, 6.07) is 4.82. The maximum atomic E-state index is 8.75. The lowest BCUT2D eigenvalue weighted by Crippen LogP contribution is -1.84. The molecule has 1 rings (SSSR count). The zero-order chi connectivity index (χ0) is 6.69. The fourth-order valence-electron chi connectivity index (χ4n) is 0.518. The maximum absolute atomic E-state index is 8.75. The highest BCUT2D eigenvalue weighted by Crippen LogP contribution is 2.09. The van der Waals surface area contributed by atoms with Crippen LogP contribution in [0.1, 0.15) is 0 Å². The molecule has 48 valence electrons. The van der Waals surface area contributed by atoms with Gasteiger partial charge in [0.2, 0.25) is 11.8 Å². The Bertz CT molecular complexity index is 200. The minimum absolute atomic E-state index is 0.0191. The highest BCUT2D eigenvalue weighted by molar-refractivity contribution is 5.17. The van der Waals surface area contributed by atoms with Crippen LogP contribution in [-0.4, -0.2) is 17.2 Å². The first-order chi connectivity index (χ1) is 4.33. The second-order valence-corrected chi connectivity index (χ2v) is 1.54. The first kappa shape index (κ1) is 5.88. The minimum Gasteiger partial charge on any atom is -0.493 e. The molecule has 0 radical (unpaired) electrons. The van der Waals surface area contributed by atoms with Gasteiger partial charge in [-0.2, -0.15) is 4.98 Å². The number of pyridine rings is 1. The molecule has 1 N–H and O–H groups in total. The van der Waals surface area contributed by atoms with Gasteiger partial charge >= 0.3 is 0 Å². The lowest BCUT2D eigenvalue weighted by atomic mass is 10.5. The average Bonchev–Trinajstić information content (AvgIpc) is 1.88. The molecular weight excluding hydrogens is 118 g/mol. The number of rotatable bonds is 1. The number of aromatic nitrogens is 1. The van der Waals surface area contributed by atoms with E-state index in [1.807, 2.05) is 0 Å². The van der Waals surface area contributed by atoms with Crippen molar-refractivity contribution in [1.82, 2.24) is 4.98 Å². The van der Waals surface area contributed by atoms with E-state index in [1.54, 1.807) is 12.1 Å². The lowest BCUT2D eigenvalue weighted by Gasteiger charge is -1.95. The smallest absolute Gasteiger partial charge is 0.216 e. The minimum atomic E-state index is -0.0191. The van der Waals surface area contributed by atoms with Crippen molar-refractivity contribution in [1.29, 1.82) is 0 Å². The Kier molecular flexibility index (Phi) is 1.53. The van der Waals surface area contributed by atoms with Gasteiger partial charge in [0.1, 0.15) is 0 Å². The Morgan fingerprint density at radius 1 is 1.56 bits per heavy atom. The molecule has 0 atom stereocenters. The normalized spacial score (nSPS) is 9.00. The second kappa shape index (κ2) is 2.35. The van der Waals surface area contributed by atoms with Gasteiger partial charge in [0.05, 0.1) is 7.11 Å².